The van der Waals surface area contributed by atoms with Crippen LogP contribution in [0.5, 0.6) is 0 Å². The number of fused-ring (bicyclic) bond motifs is 1. The van der Waals surface area contributed by atoms with Crippen molar-refractivity contribution in [2.45, 2.75) is 44.7 Å². The molecule has 1 amide bonds. The third kappa shape index (κ3) is 5.09. The summed E-state index contributed by atoms with van der Waals surface area (Å²) < 4.78 is 43.0. The van der Waals surface area contributed by atoms with Crippen molar-refractivity contribution in [1.82, 2.24) is 24.8 Å². The Hall–Kier alpha value is -4.15. The number of anilines is 4. The van der Waals surface area contributed by atoms with E-state index in [1.807, 2.05) is 4.57 Å². The summed E-state index contributed by atoms with van der Waals surface area (Å²) in [6.07, 6.45) is 4.56. The van der Waals surface area contributed by atoms with E-state index in [4.69, 9.17) is 0 Å². The van der Waals surface area contributed by atoms with Gasteiger partial charge in [-0.05, 0) is 62.1 Å². The predicted molar refractivity (Wildman–Crippen MR) is 130 cm³/mol. The second kappa shape index (κ2) is 9.84. The van der Waals surface area contributed by atoms with E-state index in [1.54, 1.807) is 18.3 Å². The van der Waals surface area contributed by atoms with Gasteiger partial charge in [0.25, 0.3) is 0 Å². The summed E-state index contributed by atoms with van der Waals surface area (Å²) in [4.78, 5) is 25.0. The van der Waals surface area contributed by atoms with Crippen LogP contribution in [0.3, 0.4) is 0 Å². The zero-order chi connectivity index (χ0) is 25.2. The topological polar surface area (TPSA) is 96.8 Å². The molecule has 5 rings (SSSR count). The summed E-state index contributed by atoms with van der Waals surface area (Å²) in [6, 6.07) is 9.16. The Bertz CT molecular complexity index is 1400. The minimum absolute atomic E-state index is 0.0282. The maximum atomic E-state index is 14.4. The number of amides is 1. The van der Waals surface area contributed by atoms with Gasteiger partial charge in [-0.15, -0.1) is 0 Å². The Balaban J connectivity index is 1.50. The molecule has 11 heteroatoms. The van der Waals surface area contributed by atoms with E-state index in [1.165, 1.54) is 31.2 Å². The largest absolute Gasteiger partial charge is 0.354 e. The summed E-state index contributed by atoms with van der Waals surface area (Å²) in [5.74, 6) is -1.19. The van der Waals surface area contributed by atoms with E-state index in [0.29, 0.717) is 28.7 Å². The number of benzene rings is 2. The molecule has 2 heterocycles. The lowest BCUT2D eigenvalue weighted by Gasteiger charge is -2.30. The normalized spacial score (nSPS) is 17.7. The molecule has 1 aliphatic rings. The van der Waals surface area contributed by atoms with Crippen molar-refractivity contribution in [2.75, 3.05) is 10.6 Å². The monoisotopic (exact) mass is 495 g/mol. The fourth-order valence-electron chi connectivity index (χ4n) is 4.52. The van der Waals surface area contributed by atoms with Crippen LogP contribution in [0.15, 0.2) is 48.7 Å². The number of hydrogen-bond acceptors (Lipinski definition) is 6. The Labute approximate surface area is 205 Å². The van der Waals surface area contributed by atoms with Crippen LogP contribution in [0.25, 0.3) is 11.2 Å². The van der Waals surface area contributed by atoms with Gasteiger partial charge < -0.3 is 16.0 Å². The molecule has 186 valence electrons. The molecule has 8 nitrogen and oxygen atoms in total. The molecule has 1 fully saturated rings. The lowest BCUT2D eigenvalue weighted by molar-refractivity contribution is -0.119. The van der Waals surface area contributed by atoms with Crippen LogP contribution in [0.2, 0.25) is 0 Å². The van der Waals surface area contributed by atoms with Crippen LogP contribution >= 0.6 is 0 Å². The van der Waals surface area contributed by atoms with Crippen LogP contribution in [-0.4, -0.2) is 31.5 Å². The number of nitrogens with one attached hydrogen (secondary N) is 3. The minimum Gasteiger partial charge on any atom is -0.354 e. The number of carbonyl (C=O) groups is 1. The summed E-state index contributed by atoms with van der Waals surface area (Å²) in [7, 11) is 0. The number of nitrogens with zero attached hydrogens (tertiary/aromatic N) is 4. The first-order valence-electron chi connectivity index (χ1n) is 11.6. The number of halogens is 3. The van der Waals surface area contributed by atoms with E-state index in [9.17, 15) is 18.0 Å². The molecular formula is C25H24F3N7O. The molecule has 0 saturated heterocycles. The summed E-state index contributed by atoms with van der Waals surface area (Å²) >= 11 is 0. The molecule has 2 aromatic carbocycles. The molecule has 0 atom stereocenters. The van der Waals surface area contributed by atoms with Crippen LogP contribution in [0.1, 0.15) is 38.6 Å². The van der Waals surface area contributed by atoms with Crippen LogP contribution in [0, 0.1) is 17.5 Å². The average Bonchev–Trinajstić information content (AvgIpc) is 3.20. The number of imidazole rings is 1. The van der Waals surface area contributed by atoms with Crippen molar-refractivity contribution in [2.24, 2.45) is 0 Å². The standard InChI is InChI=1S/C25H24F3N7O/c1-14(36)30-17-7-9-19(10-8-17)35-23-22(33-25(35)32-21-11-4-16(27)12-20(21)28)13-29-24(34-23)31-18-5-2-15(26)3-6-18/h2-6,11-13,17,19H,7-10H2,1H3,(H,30,36)(H,32,33)(H,29,31,34). The molecule has 0 aliphatic heterocycles. The number of aromatic nitrogens is 4. The van der Waals surface area contributed by atoms with E-state index in [2.05, 4.69) is 30.9 Å². The Morgan fingerprint density at radius 2 is 1.67 bits per heavy atom. The van der Waals surface area contributed by atoms with Crippen molar-refractivity contribution in [3.63, 3.8) is 0 Å². The average molecular weight is 496 g/mol. The molecule has 4 aromatic rings. The quantitative estimate of drug-likeness (QED) is 0.334. The van der Waals surface area contributed by atoms with Crippen molar-refractivity contribution >= 4 is 40.3 Å². The van der Waals surface area contributed by atoms with Gasteiger partial charge in [0.1, 0.15) is 23.0 Å². The van der Waals surface area contributed by atoms with E-state index in [0.717, 1.165) is 31.7 Å². The van der Waals surface area contributed by atoms with Crippen LogP contribution in [0.4, 0.5) is 36.4 Å². The first kappa shape index (κ1) is 23.6. The minimum atomic E-state index is -0.743. The van der Waals surface area contributed by atoms with Gasteiger partial charge in [-0.25, -0.2) is 23.1 Å². The third-order valence-corrected chi connectivity index (χ3v) is 6.18. The lowest BCUT2D eigenvalue weighted by atomic mass is 9.91. The van der Waals surface area contributed by atoms with Gasteiger partial charge in [0.05, 0.1) is 11.9 Å². The molecule has 1 saturated carbocycles. The SMILES string of the molecule is CC(=O)NC1CCC(n2c(Nc3ccc(F)cc3F)nc3cnc(Nc4ccc(F)cc4)nc32)CC1. The van der Waals surface area contributed by atoms with E-state index in [-0.39, 0.29) is 29.5 Å². The van der Waals surface area contributed by atoms with Crippen LogP contribution in [-0.2, 0) is 4.79 Å². The third-order valence-electron chi connectivity index (χ3n) is 6.18. The van der Waals surface area contributed by atoms with Crippen molar-refractivity contribution in [1.29, 1.82) is 0 Å². The molecule has 0 radical (unpaired) electrons. The maximum absolute atomic E-state index is 14.4. The highest BCUT2D eigenvalue weighted by Gasteiger charge is 2.27. The molecule has 1 aliphatic carbocycles. The number of rotatable bonds is 6. The maximum Gasteiger partial charge on any atom is 0.229 e. The highest BCUT2D eigenvalue weighted by atomic mass is 19.1. The van der Waals surface area contributed by atoms with Gasteiger partial charge in [-0.3, -0.25) is 9.36 Å². The van der Waals surface area contributed by atoms with E-state index >= 15 is 0 Å². The Morgan fingerprint density at radius 1 is 0.944 bits per heavy atom. The Morgan fingerprint density at radius 3 is 2.36 bits per heavy atom. The second-order valence-corrected chi connectivity index (χ2v) is 8.79. The fourth-order valence-corrected chi connectivity index (χ4v) is 4.52. The van der Waals surface area contributed by atoms with Crippen molar-refractivity contribution in [3.8, 4) is 0 Å². The summed E-state index contributed by atoms with van der Waals surface area (Å²) in [5.41, 5.74) is 1.72. The summed E-state index contributed by atoms with van der Waals surface area (Å²) in [6.45, 7) is 1.50. The first-order valence-corrected chi connectivity index (χ1v) is 11.6. The van der Waals surface area contributed by atoms with Gasteiger partial charge in [-0.2, -0.15) is 4.98 Å². The van der Waals surface area contributed by atoms with Gasteiger partial charge in [0.2, 0.25) is 17.8 Å². The number of carbonyl (C=O) groups excluding carboxylic acids is 1. The fraction of sp³-hybridized carbons (Fsp3) is 0.280. The van der Waals surface area contributed by atoms with Gasteiger partial charge in [-0.1, -0.05) is 0 Å². The van der Waals surface area contributed by atoms with Gasteiger partial charge in [0, 0.05) is 30.8 Å². The first-order chi connectivity index (χ1) is 17.4. The number of hydrogen-bond donors (Lipinski definition) is 3. The molecule has 0 spiro atoms. The summed E-state index contributed by atoms with van der Waals surface area (Å²) in [5, 5.41) is 9.01. The van der Waals surface area contributed by atoms with Crippen molar-refractivity contribution in [3.05, 3.63) is 66.1 Å². The van der Waals surface area contributed by atoms with Gasteiger partial charge >= 0.3 is 0 Å². The molecule has 3 N–H and O–H groups in total. The lowest BCUT2D eigenvalue weighted by Crippen LogP contribution is -2.36. The molecule has 0 bridgehead atoms. The molecule has 0 unspecified atom stereocenters. The molecule has 36 heavy (non-hydrogen) atoms. The van der Waals surface area contributed by atoms with Crippen LogP contribution < -0.4 is 16.0 Å². The Kier molecular flexibility index (Phi) is 6.45. The molecular weight excluding hydrogens is 471 g/mol. The smallest absolute Gasteiger partial charge is 0.229 e. The zero-order valence-corrected chi connectivity index (χ0v) is 19.4. The second-order valence-electron chi connectivity index (χ2n) is 8.79. The van der Waals surface area contributed by atoms with Gasteiger partial charge in [0.15, 0.2) is 5.65 Å². The highest BCUT2D eigenvalue weighted by molar-refractivity contribution is 5.77. The molecule has 2 aromatic heterocycles. The zero-order valence-electron chi connectivity index (χ0n) is 19.4. The predicted octanol–water partition coefficient (Wildman–Crippen LogP) is 5.35. The van der Waals surface area contributed by atoms with Crippen molar-refractivity contribution < 1.29 is 18.0 Å². The van der Waals surface area contributed by atoms with E-state index < -0.39 is 11.6 Å². The highest BCUT2D eigenvalue weighted by Crippen LogP contribution is 2.35.